The first-order valence-electron chi connectivity index (χ1n) is 8.45. The standard InChI is InChI=1S/C20H23NO4/c1-6-21-16-9-17-14(7-13(16)11(2)10-20(21,4)5)12(3)15(8-18(22)23)19(24)25-17/h7,9-10H,6,8H2,1-5H3,(H,22,23). The number of hydrogen-bond acceptors (Lipinski definition) is 4. The number of aryl methyl sites for hydroxylation is 1. The zero-order valence-electron chi connectivity index (χ0n) is 15.3. The number of carbonyl (C=O) groups is 1. The zero-order valence-corrected chi connectivity index (χ0v) is 15.3. The lowest BCUT2D eigenvalue weighted by Gasteiger charge is -2.42. The van der Waals surface area contributed by atoms with Crippen LogP contribution in [0, 0.1) is 6.92 Å². The van der Waals surface area contributed by atoms with E-state index in [1.54, 1.807) is 6.92 Å². The van der Waals surface area contributed by atoms with Gasteiger partial charge >= 0.3 is 11.6 Å². The lowest BCUT2D eigenvalue weighted by Crippen LogP contribution is -2.44. The molecule has 0 amide bonds. The van der Waals surface area contributed by atoms with E-state index in [2.05, 4.69) is 38.7 Å². The zero-order chi connectivity index (χ0) is 18.5. The van der Waals surface area contributed by atoms with Gasteiger partial charge in [-0.25, -0.2) is 4.79 Å². The molecule has 0 bridgehead atoms. The molecule has 2 heterocycles. The molecule has 0 aliphatic carbocycles. The fraction of sp³-hybridized carbons (Fsp3) is 0.400. The number of anilines is 1. The third-order valence-corrected chi connectivity index (χ3v) is 5.03. The second kappa shape index (κ2) is 5.76. The van der Waals surface area contributed by atoms with Crippen molar-refractivity contribution in [2.45, 2.75) is 46.6 Å². The quantitative estimate of drug-likeness (QED) is 0.861. The van der Waals surface area contributed by atoms with E-state index in [4.69, 9.17) is 9.52 Å². The number of carboxylic acid groups (broad SMARTS) is 1. The largest absolute Gasteiger partial charge is 0.481 e. The van der Waals surface area contributed by atoms with Crippen LogP contribution < -0.4 is 10.5 Å². The molecule has 0 unspecified atom stereocenters. The van der Waals surface area contributed by atoms with Gasteiger partial charge in [0.2, 0.25) is 0 Å². The van der Waals surface area contributed by atoms with Gasteiger partial charge in [-0.05, 0) is 51.8 Å². The molecule has 5 heteroatoms. The van der Waals surface area contributed by atoms with Gasteiger partial charge in [-0.15, -0.1) is 0 Å². The van der Waals surface area contributed by atoms with E-state index >= 15 is 0 Å². The topological polar surface area (TPSA) is 70.8 Å². The first-order valence-corrected chi connectivity index (χ1v) is 8.45. The molecule has 0 fully saturated rings. The Kier molecular flexibility index (Phi) is 3.98. The highest BCUT2D eigenvalue weighted by molar-refractivity contribution is 5.93. The van der Waals surface area contributed by atoms with Gasteiger partial charge in [0.25, 0.3) is 0 Å². The number of rotatable bonds is 3. The van der Waals surface area contributed by atoms with Crippen LogP contribution in [0.5, 0.6) is 0 Å². The number of hydrogen-bond donors (Lipinski definition) is 1. The highest BCUT2D eigenvalue weighted by Gasteiger charge is 2.31. The van der Waals surface area contributed by atoms with Crippen molar-refractivity contribution in [3.63, 3.8) is 0 Å². The predicted molar refractivity (Wildman–Crippen MR) is 99.3 cm³/mol. The minimum Gasteiger partial charge on any atom is -0.481 e. The molecule has 5 nitrogen and oxygen atoms in total. The van der Waals surface area contributed by atoms with Crippen molar-refractivity contribution in [1.29, 1.82) is 0 Å². The molecule has 0 spiro atoms. The molecule has 132 valence electrons. The molecule has 2 aromatic rings. The molecule has 1 aromatic heterocycles. The van der Waals surface area contributed by atoms with Crippen molar-refractivity contribution < 1.29 is 14.3 Å². The molecule has 3 rings (SSSR count). The van der Waals surface area contributed by atoms with E-state index in [0.29, 0.717) is 11.1 Å². The molecule has 1 aliphatic rings. The Labute approximate surface area is 146 Å². The molecule has 0 saturated heterocycles. The Morgan fingerprint density at radius 1 is 1.28 bits per heavy atom. The van der Waals surface area contributed by atoms with Crippen LogP contribution in [0.25, 0.3) is 16.5 Å². The van der Waals surface area contributed by atoms with Gasteiger partial charge in [-0.2, -0.15) is 0 Å². The van der Waals surface area contributed by atoms with Crippen LogP contribution in [-0.4, -0.2) is 23.2 Å². The summed E-state index contributed by atoms with van der Waals surface area (Å²) in [5.74, 6) is -1.04. The van der Waals surface area contributed by atoms with Crippen molar-refractivity contribution >= 4 is 28.2 Å². The third kappa shape index (κ3) is 2.73. The van der Waals surface area contributed by atoms with Crippen LogP contribution in [0.4, 0.5) is 5.69 Å². The fourth-order valence-electron chi connectivity index (χ4n) is 3.89. The maximum absolute atomic E-state index is 12.2. The van der Waals surface area contributed by atoms with E-state index in [0.717, 1.165) is 28.8 Å². The van der Waals surface area contributed by atoms with E-state index in [9.17, 15) is 9.59 Å². The van der Waals surface area contributed by atoms with Crippen molar-refractivity contribution in [2.24, 2.45) is 0 Å². The molecule has 1 aliphatic heterocycles. The minimum absolute atomic E-state index is 0.127. The number of benzene rings is 1. The summed E-state index contributed by atoms with van der Waals surface area (Å²) in [7, 11) is 0. The summed E-state index contributed by atoms with van der Waals surface area (Å²) in [6.07, 6.45) is 1.90. The van der Waals surface area contributed by atoms with E-state index < -0.39 is 11.6 Å². The number of nitrogens with zero attached hydrogens (tertiary/aromatic N) is 1. The SMILES string of the molecule is CCN1c2cc3oc(=O)c(CC(=O)O)c(C)c3cc2C(C)=CC1(C)C. The number of carboxylic acids is 1. The molecule has 0 atom stereocenters. The first-order chi connectivity index (χ1) is 11.7. The third-order valence-electron chi connectivity index (χ3n) is 5.03. The summed E-state index contributed by atoms with van der Waals surface area (Å²) in [5, 5.41) is 9.84. The predicted octanol–water partition coefficient (Wildman–Crippen LogP) is 3.75. The highest BCUT2D eigenvalue weighted by atomic mass is 16.4. The van der Waals surface area contributed by atoms with E-state index in [1.165, 1.54) is 0 Å². The highest BCUT2D eigenvalue weighted by Crippen LogP contribution is 2.41. The minimum atomic E-state index is -1.04. The first kappa shape index (κ1) is 17.3. The molecule has 0 saturated carbocycles. The summed E-state index contributed by atoms with van der Waals surface area (Å²) in [6, 6.07) is 3.92. The summed E-state index contributed by atoms with van der Waals surface area (Å²) < 4.78 is 5.47. The molecular weight excluding hydrogens is 318 g/mol. The van der Waals surface area contributed by atoms with Gasteiger partial charge in [0.1, 0.15) is 5.58 Å². The van der Waals surface area contributed by atoms with Crippen LogP contribution in [-0.2, 0) is 11.2 Å². The molecule has 1 N–H and O–H groups in total. The fourth-order valence-corrected chi connectivity index (χ4v) is 3.89. The maximum Gasteiger partial charge on any atom is 0.340 e. The lowest BCUT2D eigenvalue weighted by atomic mass is 9.87. The van der Waals surface area contributed by atoms with Gasteiger partial charge in [-0.3, -0.25) is 4.79 Å². The number of fused-ring (bicyclic) bond motifs is 2. The average molecular weight is 341 g/mol. The average Bonchev–Trinajstić information content (AvgIpc) is 2.49. The Morgan fingerprint density at radius 2 is 1.96 bits per heavy atom. The van der Waals surface area contributed by atoms with Crippen LogP contribution in [0.3, 0.4) is 0 Å². The number of aliphatic carboxylic acids is 1. The molecule has 0 radical (unpaired) electrons. The van der Waals surface area contributed by atoms with Crippen LogP contribution >= 0.6 is 0 Å². The van der Waals surface area contributed by atoms with Crippen LogP contribution in [0.1, 0.15) is 44.4 Å². The number of allylic oxidation sites excluding steroid dienone is 1. The van der Waals surface area contributed by atoms with Gasteiger partial charge in [0.15, 0.2) is 0 Å². The second-order valence-electron chi connectivity index (χ2n) is 7.15. The Hall–Kier alpha value is -2.56. The summed E-state index contributed by atoms with van der Waals surface area (Å²) in [4.78, 5) is 25.6. The Morgan fingerprint density at radius 3 is 2.56 bits per heavy atom. The summed E-state index contributed by atoms with van der Waals surface area (Å²) in [5.41, 5.74) is 3.98. The van der Waals surface area contributed by atoms with Crippen LogP contribution in [0.2, 0.25) is 0 Å². The van der Waals surface area contributed by atoms with Gasteiger partial charge in [0, 0.05) is 29.2 Å². The molecule has 1 aromatic carbocycles. The summed E-state index contributed by atoms with van der Waals surface area (Å²) >= 11 is 0. The van der Waals surface area contributed by atoms with Gasteiger partial charge in [0.05, 0.1) is 17.5 Å². The van der Waals surface area contributed by atoms with Gasteiger partial charge < -0.3 is 14.4 Å². The monoisotopic (exact) mass is 341 g/mol. The lowest BCUT2D eigenvalue weighted by molar-refractivity contribution is -0.136. The Balaban J connectivity index is 2.33. The van der Waals surface area contributed by atoms with Crippen molar-refractivity contribution in [1.82, 2.24) is 0 Å². The second-order valence-corrected chi connectivity index (χ2v) is 7.15. The van der Waals surface area contributed by atoms with E-state index in [1.807, 2.05) is 12.1 Å². The number of likely N-dealkylation sites (N-methyl/N-ethyl adjacent to an activating group) is 1. The van der Waals surface area contributed by atoms with E-state index in [-0.39, 0.29) is 17.5 Å². The molecule has 25 heavy (non-hydrogen) atoms. The summed E-state index contributed by atoms with van der Waals surface area (Å²) in [6.45, 7) is 11.1. The van der Waals surface area contributed by atoms with Crippen molar-refractivity contribution in [3.8, 4) is 0 Å². The Bertz CT molecular complexity index is 966. The van der Waals surface area contributed by atoms with Crippen LogP contribution in [0.15, 0.2) is 27.4 Å². The van der Waals surface area contributed by atoms with Crippen molar-refractivity contribution in [3.05, 3.63) is 45.3 Å². The smallest absolute Gasteiger partial charge is 0.340 e. The normalized spacial score (nSPS) is 15.9. The maximum atomic E-state index is 12.2. The van der Waals surface area contributed by atoms with Crippen molar-refractivity contribution in [2.75, 3.05) is 11.4 Å². The molecular formula is C20H23NO4. The van der Waals surface area contributed by atoms with Gasteiger partial charge in [-0.1, -0.05) is 6.08 Å².